The SMILES string of the molecule is Cc1ccc(-c2ccc(OCCOCCOCCOCCN3CCN(CCOCC(=O)N[C@H](C(=O)N4C[C@H](O)C[C@H]4C(=O)N[C@@H](C)c4ccc(-c5scnc5C)cc4)C(C)(C)C)CC3)cc2)cc1C1=C(O)CC(C)(C)CC1=O. The highest BCUT2D eigenvalue weighted by Gasteiger charge is 2.45. The summed E-state index contributed by atoms with van der Waals surface area (Å²) in [6.07, 6.45) is 0.131. The van der Waals surface area contributed by atoms with Gasteiger partial charge < -0.3 is 49.4 Å². The zero-order chi connectivity index (χ0) is 56.0. The highest BCUT2D eigenvalue weighted by molar-refractivity contribution is 7.13. The molecule has 4 N–H and O–H groups in total. The van der Waals surface area contributed by atoms with Gasteiger partial charge in [-0.1, -0.05) is 83.1 Å². The van der Waals surface area contributed by atoms with Gasteiger partial charge in [0.2, 0.25) is 17.7 Å². The summed E-state index contributed by atoms with van der Waals surface area (Å²) in [7, 11) is 0. The van der Waals surface area contributed by atoms with Gasteiger partial charge in [0.25, 0.3) is 0 Å². The fourth-order valence-corrected chi connectivity index (χ4v) is 11.0. The normalized spacial score (nSPS) is 19.0. The van der Waals surface area contributed by atoms with Gasteiger partial charge in [0.1, 0.15) is 36.8 Å². The lowest BCUT2D eigenvalue weighted by Crippen LogP contribution is -2.58. The predicted octanol–water partition coefficient (Wildman–Crippen LogP) is 7.19. The van der Waals surface area contributed by atoms with Crippen LogP contribution in [0.4, 0.5) is 0 Å². The Balaban J connectivity index is 0.700. The summed E-state index contributed by atoms with van der Waals surface area (Å²) in [6, 6.07) is 19.6. The number of aromatic nitrogens is 1. The number of thiazole rings is 1. The van der Waals surface area contributed by atoms with Crippen molar-refractivity contribution in [2.24, 2.45) is 10.8 Å². The lowest BCUT2D eigenvalue weighted by Gasteiger charge is -2.35. The summed E-state index contributed by atoms with van der Waals surface area (Å²) in [5, 5.41) is 27.4. The maximum absolute atomic E-state index is 14.1. The molecule has 424 valence electrons. The van der Waals surface area contributed by atoms with E-state index >= 15 is 0 Å². The van der Waals surface area contributed by atoms with Gasteiger partial charge in [0.15, 0.2) is 5.78 Å². The first kappa shape index (κ1) is 60.1. The topological polar surface area (TPSA) is 202 Å². The van der Waals surface area contributed by atoms with Crippen molar-refractivity contribution >= 4 is 40.4 Å². The Bertz CT molecular complexity index is 2660. The maximum atomic E-state index is 14.1. The lowest BCUT2D eigenvalue weighted by atomic mass is 9.74. The molecule has 0 saturated carbocycles. The van der Waals surface area contributed by atoms with Gasteiger partial charge in [0, 0.05) is 65.1 Å². The van der Waals surface area contributed by atoms with Crippen molar-refractivity contribution in [2.45, 2.75) is 98.9 Å². The van der Waals surface area contributed by atoms with E-state index in [1.165, 1.54) is 4.90 Å². The first-order valence-electron chi connectivity index (χ1n) is 27.4. The van der Waals surface area contributed by atoms with Crippen molar-refractivity contribution in [3.8, 4) is 27.3 Å². The highest BCUT2D eigenvalue weighted by Crippen LogP contribution is 2.41. The second-order valence-corrected chi connectivity index (χ2v) is 23.5. The van der Waals surface area contributed by atoms with Crippen LogP contribution >= 0.6 is 11.3 Å². The number of ether oxygens (including phenoxy) is 5. The molecular formula is C60H82N6O11S. The van der Waals surface area contributed by atoms with E-state index < -0.39 is 35.4 Å². The highest BCUT2D eigenvalue weighted by atomic mass is 32.1. The number of Topliss-reactive ketones (excluding diaryl/α,β-unsaturated/α-hetero) is 1. The summed E-state index contributed by atoms with van der Waals surface area (Å²) >= 11 is 1.58. The van der Waals surface area contributed by atoms with Crippen LogP contribution in [-0.2, 0) is 38.1 Å². The van der Waals surface area contributed by atoms with E-state index in [0.717, 1.165) is 82.4 Å². The van der Waals surface area contributed by atoms with E-state index in [2.05, 4.69) is 25.4 Å². The van der Waals surface area contributed by atoms with Gasteiger partial charge in [-0.15, -0.1) is 11.3 Å². The van der Waals surface area contributed by atoms with Crippen LogP contribution < -0.4 is 15.4 Å². The zero-order valence-corrected chi connectivity index (χ0v) is 47.8. The van der Waals surface area contributed by atoms with Gasteiger partial charge in [0.05, 0.1) is 80.0 Å². The van der Waals surface area contributed by atoms with Crippen LogP contribution in [0.15, 0.2) is 78.0 Å². The second kappa shape index (κ2) is 28.0. The third-order valence-corrected chi connectivity index (χ3v) is 15.6. The van der Waals surface area contributed by atoms with Gasteiger partial charge in [-0.25, -0.2) is 4.98 Å². The number of carbonyl (C=O) groups excluding carboxylic acids is 4. The minimum Gasteiger partial charge on any atom is -0.512 e. The number of amides is 3. The number of carbonyl (C=O) groups is 4. The molecule has 7 rings (SSSR count). The van der Waals surface area contributed by atoms with Gasteiger partial charge in [-0.3, -0.25) is 29.0 Å². The van der Waals surface area contributed by atoms with Crippen molar-refractivity contribution in [1.82, 2.24) is 30.3 Å². The molecule has 2 fully saturated rings. The standard InChI is InChI=1S/C60H82N6O11S/c1-40-9-10-46(33-49(40)54-51(68)35-60(7,8)36-52(54)69)44-15-17-48(18-16-44)77-32-31-75-30-29-74-28-27-73-25-23-64-19-21-65(22-20-64)24-26-76-38-53(70)63-56(59(4,5)6)58(72)66-37-47(67)34-50(66)57(71)62-41(2)43-11-13-45(14-12-43)55-42(3)61-39-78-55/h9-18,33,39,41,47,50,56,67-68H,19-32,34-38H2,1-8H3,(H,62,71)(H,63,70)/t41-,47+,50-,56+/m0/s1. The molecule has 18 heteroatoms. The molecule has 3 amide bonds. The van der Waals surface area contributed by atoms with Crippen molar-refractivity contribution in [3.63, 3.8) is 0 Å². The third kappa shape index (κ3) is 17.0. The minimum atomic E-state index is -0.941. The number of piperazine rings is 1. The molecule has 1 aliphatic carbocycles. The second-order valence-electron chi connectivity index (χ2n) is 22.6. The van der Waals surface area contributed by atoms with Gasteiger partial charge in [-0.05, 0) is 83.2 Å². The average Bonchev–Trinajstić information content (AvgIpc) is 4.02. The third-order valence-electron chi connectivity index (χ3n) is 14.6. The Hall–Kier alpha value is -5.57. The van der Waals surface area contributed by atoms with E-state index in [9.17, 15) is 29.4 Å². The monoisotopic (exact) mass is 1090 g/mol. The van der Waals surface area contributed by atoms with Crippen LogP contribution in [0.25, 0.3) is 27.1 Å². The van der Waals surface area contributed by atoms with Crippen LogP contribution in [-0.4, -0.2) is 177 Å². The average molecular weight is 1100 g/mol. The lowest BCUT2D eigenvalue weighted by molar-refractivity contribution is -0.144. The molecule has 0 spiro atoms. The molecule has 4 aromatic rings. The number of aliphatic hydroxyl groups is 2. The number of hydrogen-bond acceptors (Lipinski definition) is 15. The fraction of sp³-hybridized carbons (Fsp3) is 0.550. The largest absolute Gasteiger partial charge is 0.512 e. The first-order valence-corrected chi connectivity index (χ1v) is 28.3. The number of likely N-dealkylation sites (tertiary alicyclic amines) is 1. The van der Waals surface area contributed by atoms with Crippen LogP contribution in [0.2, 0.25) is 0 Å². The number of β-amino-alcohol motifs (C(OH)–C–C–N with tert-alkyl or cyclic N) is 1. The minimum absolute atomic E-state index is 0.00431. The molecule has 1 aromatic heterocycles. The molecule has 78 heavy (non-hydrogen) atoms. The first-order chi connectivity index (χ1) is 37.3. The number of aryl methyl sites for hydroxylation is 2. The van der Waals surface area contributed by atoms with Crippen molar-refractivity contribution in [1.29, 1.82) is 0 Å². The predicted molar refractivity (Wildman–Crippen MR) is 302 cm³/mol. The van der Waals surface area contributed by atoms with E-state index in [-0.39, 0.29) is 48.5 Å². The Morgan fingerprint density at radius 3 is 1.97 bits per heavy atom. The molecule has 4 atom stereocenters. The van der Waals surface area contributed by atoms with E-state index in [1.807, 2.05) is 128 Å². The summed E-state index contributed by atoms with van der Waals surface area (Å²) in [5.41, 5.74) is 7.94. The molecule has 3 aromatic carbocycles. The molecule has 0 unspecified atom stereocenters. The number of benzene rings is 3. The number of nitrogens with one attached hydrogen (secondary N) is 2. The molecule has 2 aliphatic heterocycles. The van der Waals surface area contributed by atoms with E-state index in [0.29, 0.717) is 77.8 Å². The molecular weight excluding hydrogens is 1010 g/mol. The molecule has 0 bridgehead atoms. The van der Waals surface area contributed by atoms with Crippen LogP contribution in [0.3, 0.4) is 0 Å². The molecule has 3 aliphatic rings. The number of allylic oxidation sites excluding steroid dienone is 2. The summed E-state index contributed by atoms with van der Waals surface area (Å²) < 4.78 is 28.9. The number of nitrogens with zero attached hydrogens (tertiary/aromatic N) is 4. The number of hydrogen-bond donors (Lipinski definition) is 4. The van der Waals surface area contributed by atoms with Crippen LogP contribution in [0.1, 0.15) is 89.2 Å². The number of rotatable bonds is 26. The Morgan fingerprint density at radius 1 is 0.782 bits per heavy atom. The molecule has 2 saturated heterocycles. The zero-order valence-electron chi connectivity index (χ0n) is 46.9. The van der Waals surface area contributed by atoms with Crippen molar-refractivity contribution in [2.75, 3.05) is 105 Å². The smallest absolute Gasteiger partial charge is 0.246 e. The Kier molecular flexibility index (Phi) is 21.6. The van der Waals surface area contributed by atoms with Crippen LogP contribution in [0, 0.1) is 24.7 Å². The van der Waals surface area contributed by atoms with E-state index in [1.54, 1.807) is 11.3 Å². The van der Waals surface area contributed by atoms with Crippen molar-refractivity contribution in [3.05, 3.63) is 100 Å². The Morgan fingerprint density at radius 2 is 1.37 bits per heavy atom. The molecule has 0 radical (unpaired) electrons. The fourth-order valence-electron chi connectivity index (χ4n) is 10.2. The Labute approximate surface area is 464 Å². The van der Waals surface area contributed by atoms with Crippen LogP contribution in [0.5, 0.6) is 5.75 Å². The quantitative estimate of drug-likeness (QED) is 0.0461. The van der Waals surface area contributed by atoms with Gasteiger partial charge >= 0.3 is 0 Å². The van der Waals surface area contributed by atoms with E-state index in [4.69, 9.17) is 23.7 Å². The summed E-state index contributed by atoms with van der Waals surface area (Å²) in [6.45, 7) is 23.9. The number of ketones is 1. The molecule has 3 heterocycles. The van der Waals surface area contributed by atoms with Crippen molar-refractivity contribution < 1.29 is 53.1 Å². The van der Waals surface area contributed by atoms with Gasteiger partial charge in [-0.2, -0.15) is 0 Å². The summed E-state index contributed by atoms with van der Waals surface area (Å²) in [5.74, 6) is -0.315. The summed E-state index contributed by atoms with van der Waals surface area (Å²) in [4.78, 5) is 65.5. The number of aliphatic hydroxyl groups excluding tert-OH is 2. The molecule has 17 nitrogen and oxygen atoms in total. The maximum Gasteiger partial charge on any atom is 0.246 e.